The highest BCUT2D eigenvalue weighted by molar-refractivity contribution is 5.97. The van der Waals surface area contributed by atoms with E-state index in [1.807, 2.05) is 0 Å². The van der Waals surface area contributed by atoms with E-state index in [9.17, 15) is 27.2 Å². The lowest BCUT2D eigenvalue weighted by Gasteiger charge is -2.17. The van der Waals surface area contributed by atoms with E-state index in [1.54, 1.807) is 0 Å². The molecule has 1 fully saturated rings. The summed E-state index contributed by atoms with van der Waals surface area (Å²) in [7, 11) is 0. The molecule has 208 valence electrons. The number of aromatic nitrogens is 1. The van der Waals surface area contributed by atoms with Crippen molar-refractivity contribution in [3.8, 4) is 23.0 Å². The standard InChI is InChI=1S/C25H24F4N4O6/c1-11(30)21-20(22(34)31-19(23(35)33-36)15-6-5-14(26)9-16(15)27)32-24(39-21)13-4-7-17(38-25(28)29)18(8-13)37-10-12-2-3-12/h4-9,11-12,19,25,36H,2-3,10,30H2,1H3,(H,31,34)(H,33,35)/t11-,19+/m0/s1. The van der Waals surface area contributed by atoms with Gasteiger partial charge >= 0.3 is 6.61 Å². The second kappa shape index (κ2) is 11.7. The zero-order valence-corrected chi connectivity index (χ0v) is 20.4. The molecule has 10 nitrogen and oxygen atoms in total. The number of carbonyl (C=O) groups is 2. The van der Waals surface area contributed by atoms with Crippen molar-refractivity contribution in [1.29, 1.82) is 0 Å². The van der Waals surface area contributed by atoms with Gasteiger partial charge in [-0.2, -0.15) is 8.78 Å². The number of carbonyl (C=O) groups excluding carboxylic acids is 2. The lowest BCUT2D eigenvalue weighted by molar-refractivity contribution is -0.131. The largest absolute Gasteiger partial charge is 0.489 e. The van der Waals surface area contributed by atoms with E-state index in [2.05, 4.69) is 15.0 Å². The molecule has 1 heterocycles. The van der Waals surface area contributed by atoms with Gasteiger partial charge in [-0.25, -0.2) is 19.2 Å². The zero-order valence-electron chi connectivity index (χ0n) is 20.4. The van der Waals surface area contributed by atoms with Crippen LogP contribution < -0.4 is 26.0 Å². The summed E-state index contributed by atoms with van der Waals surface area (Å²) >= 11 is 0. The fourth-order valence-electron chi connectivity index (χ4n) is 3.65. The number of hydrogen-bond donors (Lipinski definition) is 4. The maximum Gasteiger partial charge on any atom is 0.387 e. The van der Waals surface area contributed by atoms with Crippen molar-refractivity contribution >= 4 is 11.8 Å². The molecule has 0 radical (unpaired) electrons. The first kappa shape index (κ1) is 27.9. The Morgan fingerprint density at radius 2 is 1.92 bits per heavy atom. The molecule has 1 aliphatic carbocycles. The van der Waals surface area contributed by atoms with Crippen LogP contribution in [0.3, 0.4) is 0 Å². The smallest absolute Gasteiger partial charge is 0.387 e. The van der Waals surface area contributed by atoms with Gasteiger partial charge in [-0.15, -0.1) is 0 Å². The third kappa shape index (κ3) is 6.64. The Morgan fingerprint density at radius 1 is 1.18 bits per heavy atom. The molecule has 14 heteroatoms. The quantitative estimate of drug-likeness (QED) is 0.158. The second-order valence-electron chi connectivity index (χ2n) is 8.86. The number of hydrogen-bond acceptors (Lipinski definition) is 8. The molecule has 1 saturated carbocycles. The zero-order chi connectivity index (χ0) is 28.3. The number of ether oxygens (including phenoxy) is 2. The number of nitrogens with one attached hydrogen (secondary N) is 2. The highest BCUT2D eigenvalue weighted by Crippen LogP contribution is 2.37. The normalized spacial score (nSPS) is 14.6. The van der Waals surface area contributed by atoms with Gasteiger partial charge in [-0.05, 0) is 49.9 Å². The van der Waals surface area contributed by atoms with E-state index >= 15 is 0 Å². The maximum absolute atomic E-state index is 14.4. The van der Waals surface area contributed by atoms with Crippen LogP contribution in [0.15, 0.2) is 40.8 Å². The van der Waals surface area contributed by atoms with Crippen LogP contribution in [-0.4, -0.2) is 35.2 Å². The fraction of sp³-hybridized carbons (Fsp3) is 0.320. The van der Waals surface area contributed by atoms with Crippen LogP contribution in [0.25, 0.3) is 11.5 Å². The molecule has 1 aliphatic rings. The van der Waals surface area contributed by atoms with E-state index in [0.717, 1.165) is 25.0 Å². The van der Waals surface area contributed by atoms with Crippen LogP contribution in [0.5, 0.6) is 11.5 Å². The van der Waals surface area contributed by atoms with Gasteiger partial charge in [-0.3, -0.25) is 14.8 Å². The molecule has 2 atom stereocenters. The first-order chi connectivity index (χ1) is 18.6. The second-order valence-corrected chi connectivity index (χ2v) is 8.86. The van der Waals surface area contributed by atoms with Crippen molar-refractivity contribution in [3.63, 3.8) is 0 Å². The van der Waals surface area contributed by atoms with E-state index in [1.165, 1.54) is 30.6 Å². The molecule has 4 rings (SSSR count). The van der Waals surface area contributed by atoms with Crippen LogP contribution >= 0.6 is 0 Å². The Kier molecular flexibility index (Phi) is 8.35. The molecule has 0 spiro atoms. The third-order valence-electron chi connectivity index (χ3n) is 5.78. The van der Waals surface area contributed by atoms with E-state index in [-0.39, 0.29) is 34.4 Å². The molecule has 2 amide bonds. The third-order valence-corrected chi connectivity index (χ3v) is 5.78. The molecule has 39 heavy (non-hydrogen) atoms. The lowest BCUT2D eigenvalue weighted by Crippen LogP contribution is -2.40. The van der Waals surface area contributed by atoms with Gasteiger partial charge in [0.05, 0.1) is 12.6 Å². The van der Waals surface area contributed by atoms with Crippen molar-refractivity contribution in [2.24, 2.45) is 11.7 Å². The molecule has 0 bridgehead atoms. The number of nitrogens with two attached hydrogens (primary N) is 1. The Hall–Kier alpha value is -4.17. The van der Waals surface area contributed by atoms with Crippen LogP contribution in [0.2, 0.25) is 0 Å². The number of nitrogens with zero attached hydrogens (tertiary/aromatic N) is 1. The highest BCUT2D eigenvalue weighted by atomic mass is 19.3. The van der Waals surface area contributed by atoms with Gasteiger partial charge in [-0.1, -0.05) is 6.07 Å². The first-order valence-corrected chi connectivity index (χ1v) is 11.8. The summed E-state index contributed by atoms with van der Waals surface area (Å²) in [4.78, 5) is 29.5. The number of rotatable bonds is 11. The summed E-state index contributed by atoms with van der Waals surface area (Å²) in [5.41, 5.74) is 6.69. The predicted molar refractivity (Wildman–Crippen MR) is 126 cm³/mol. The van der Waals surface area contributed by atoms with Crippen LogP contribution in [0.1, 0.15) is 53.7 Å². The lowest BCUT2D eigenvalue weighted by atomic mass is 10.0. The number of alkyl halides is 2. The van der Waals surface area contributed by atoms with Crippen molar-refractivity contribution in [2.75, 3.05) is 6.61 Å². The molecular weight excluding hydrogens is 528 g/mol. The van der Waals surface area contributed by atoms with Gasteiger partial charge in [0.2, 0.25) is 5.89 Å². The molecule has 0 unspecified atom stereocenters. The number of oxazole rings is 1. The molecule has 2 aromatic carbocycles. The Morgan fingerprint density at radius 3 is 2.54 bits per heavy atom. The van der Waals surface area contributed by atoms with Crippen molar-refractivity contribution in [2.45, 2.75) is 38.5 Å². The Labute approximate surface area is 219 Å². The molecule has 0 saturated heterocycles. The van der Waals surface area contributed by atoms with Gasteiger partial charge in [0.15, 0.2) is 23.0 Å². The summed E-state index contributed by atoms with van der Waals surface area (Å²) in [6, 6.07) is 3.59. The number of hydroxylamine groups is 1. The molecule has 0 aliphatic heterocycles. The SMILES string of the molecule is C[C@H](N)c1oc(-c2ccc(OC(F)F)c(OCC3CC3)c2)nc1C(=O)N[C@@H](C(=O)NO)c1ccc(F)cc1F. The summed E-state index contributed by atoms with van der Waals surface area (Å²) < 4.78 is 69.4. The maximum atomic E-state index is 14.4. The van der Waals surface area contributed by atoms with Crippen molar-refractivity contribution < 1.29 is 46.2 Å². The van der Waals surface area contributed by atoms with Gasteiger partial charge in [0, 0.05) is 17.2 Å². The number of benzene rings is 2. The number of amides is 2. The highest BCUT2D eigenvalue weighted by Gasteiger charge is 2.31. The predicted octanol–water partition coefficient (Wildman–Crippen LogP) is 4.01. The van der Waals surface area contributed by atoms with Crippen molar-refractivity contribution in [1.82, 2.24) is 15.8 Å². The Balaban J connectivity index is 1.66. The summed E-state index contributed by atoms with van der Waals surface area (Å²) in [6.07, 6.45) is 1.91. The van der Waals surface area contributed by atoms with Gasteiger partial charge < -0.3 is 24.9 Å². The van der Waals surface area contributed by atoms with Crippen LogP contribution in [0, 0.1) is 17.6 Å². The molecule has 1 aromatic heterocycles. The number of halogens is 4. The molecular formula is C25H24F4N4O6. The van der Waals surface area contributed by atoms with E-state index in [4.69, 9.17) is 20.1 Å². The minimum Gasteiger partial charge on any atom is -0.489 e. The van der Waals surface area contributed by atoms with Crippen LogP contribution in [0.4, 0.5) is 17.6 Å². The van der Waals surface area contributed by atoms with Crippen molar-refractivity contribution in [3.05, 3.63) is 65.1 Å². The average Bonchev–Trinajstić information content (AvgIpc) is 3.61. The molecule has 3 aromatic rings. The summed E-state index contributed by atoms with van der Waals surface area (Å²) in [6.45, 7) is -1.31. The van der Waals surface area contributed by atoms with Gasteiger partial charge in [0.25, 0.3) is 11.8 Å². The summed E-state index contributed by atoms with van der Waals surface area (Å²) in [5, 5.41) is 11.3. The summed E-state index contributed by atoms with van der Waals surface area (Å²) in [5.74, 6) is -4.45. The topological polar surface area (TPSA) is 149 Å². The van der Waals surface area contributed by atoms with Crippen LogP contribution in [-0.2, 0) is 4.79 Å². The monoisotopic (exact) mass is 552 g/mol. The fourth-order valence-corrected chi connectivity index (χ4v) is 3.65. The molecule has 5 N–H and O–H groups in total. The average molecular weight is 552 g/mol. The van der Waals surface area contributed by atoms with E-state index in [0.29, 0.717) is 18.6 Å². The minimum absolute atomic E-state index is 0.0118. The first-order valence-electron chi connectivity index (χ1n) is 11.8. The minimum atomic E-state index is -3.09. The van der Waals surface area contributed by atoms with Gasteiger partial charge in [0.1, 0.15) is 17.7 Å². The van der Waals surface area contributed by atoms with E-state index < -0.39 is 47.7 Å². The Bertz CT molecular complexity index is 1360.